The van der Waals surface area contributed by atoms with Crippen molar-refractivity contribution in [3.63, 3.8) is 0 Å². The van der Waals surface area contributed by atoms with Crippen molar-refractivity contribution < 1.29 is 0 Å². The third-order valence-corrected chi connectivity index (χ3v) is 2.75. The zero-order valence-electron chi connectivity index (χ0n) is 9.94. The summed E-state index contributed by atoms with van der Waals surface area (Å²) in [4.78, 5) is 0. The summed E-state index contributed by atoms with van der Waals surface area (Å²) in [6, 6.07) is 8.40. The molecule has 0 saturated carbocycles. The number of nitrogens with zero attached hydrogens (tertiary/aromatic N) is 2. The van der Waals surface area contributed by atoms with Crippen molar-refractivity contribution in [3.05, 3.63) is 41.6 Å². The zero-order valence-corrected chi connectivity index (χ0v) is 9.94. The lowest BCUT2D eigenvalue weighted by atomic mass is 10.0. The predicted molar refractivity (Wildman–Crippen MR) is 66.0 cm³/mol. The highest BCUT2D eigenvalue weighted by Crippen LogP contribution is 2.27. The second-order valence-electron chi connectivity index (χ2n) is 4.23. The summed E-state index contributed by atoms with van der Waals surface area (Å²) >= 11 is 0. The van der Waals surface area contributed by atoms with Gasteiger partial charge in [-0.15, -0.1) is 0 Å². The number of aryl methyl sites for hydroxylation is 2. The quantitative estimate of drug-likeness (QED) is 0.836. The highest BCUT2D eigenvalue weighted by atomic mass is 15.3. The number of rotatable bonds is 2. The minimum Gasteiger partial charge on any atom is -0.324 e. The van der Waals surface area contributed by atoms with Gasteiger partial charge in [0.25, 0.3) is 0 Å². The van der Waals surface area contributed by atoms with Crippen molar-refractivity contribution in [2.24, 2.45) is 12.8 Å². The first-order valence-corrected chi connectivity index (χ1v) is 5.44. The second-order valence-corrected chi connectivity index (χ2v) is 4.23. The number of hydrogen-bond donors (Lipinski definition) is 1. The lowest BCUT2D eigenvalue weighted by Gasteiger charge is -2.09. The number of hydrogen-bond acceptors (Lipinski definition) is 2. The van der Waals surface area contributed by atoms with E-state index in [0.717, 1.165) is 11.3 Å². The summed E-state index contributed by atoms with van der Waals surface area (Å²) < 4.78 is 1.88. The molecule has 0 amide bonds. The summed E-state index contributed by atoms with van der Waals surface area (Å²) in [5.74, 6) is 0. The van der Waals surface area contributed by atoms with E-state index in [1.807, 2.05) is 24.9 Å². The largest absolute Gasteiger partial charge is 0.324 e. The molecule has 84 valence electrons. The Labute approximate surface area is 95.9 Å². The highest BCUT2D eigenvalue weighted by molar-refractivity contribution is 5.64. The predicted octanol–water partition coefficient (Wildman–Crippen LogP) is 2.42. The minimum absolute atomic E-state index is 0.00390. The van der Waals surface area contributed by atoms with Crippen LogP contribution in [0.3, 0.4) is 0 Å². The topological polar surface area (TPSA) is 43.8 Å². The van der Waals surface area contributed by atoms with Crippen LogP contribution in [-0.2, 0) is 7.05 Å². The van der Waals surface area contributed by atoms with Gasteiger partial charge in [-0.1, -0.05) is 23.8 Å². The highest BCUT2D eigenvalue weighted by Gasteiger charge is 2.13. The molecule has 0 aliphatic rings. The molecular formula is C13H17N3. The molecule has 0 saturated heterocycles. The molecule has 1 aromatic heterocycles. The van der Waals surface area contributed by atoms with Gasteiger partial charge in [-0.25, -0.2) is 0 Å². The van der Waals surface area contributed by atoms with E-state index in [4.69, 9.17) is 5.73 Å². The first-order chi connectivity index (χ1) is 7.59. The van der Waals surface area contributed by atoms with Crippen LogP contribution in [0.25, 0.3) is 11.3 Å². The molecule has 2 N–H and O–H groups in total. The van der Waals surface area contributed by atoms with E-state index < -0.39 is 0 Å². The third kappa shape index (κ3) is 1.86. The van der Waals surface area contributed by atoms with Gasteiger partial charge in [0.15, 0.2) is 0 Å². The van der Waals surface area contributed by atoms with Crippen LogP contribution in [-0.4, -0.2) is 9.78 Å². The fraction of sp³-hybridized carbons (Fsp3) is 0.308. The van der Waals surface area contributed by atoms with Crippen LogP contribution in [0.2, 0.25) is 0 Å². The molecule has 0 aliphatic carbocycles. The molecule has 1 aromatic carbocycles. The maximum atomic E-state index is 5.95. The molecule has 0 radical (unpaired) electrons. The molecule has 1 atom stereocenters. The van der Waals surface area contributed by atoms with Crippen LogP contribution in [0.5, 0.6) is 0 Å². The van der Waals surface area contributed by atoms with Gasteiger partial charge in [0, 0.05) is 24.2 Å². The van der Waals surface area contributed by atoms with Gasteiger partial charge in [0.05, 0.1) is 11.9 Å². The van der Waals surface area contributed by atoms with Crippen LogP contribution in [0.1, 0.15) is 24.1 Å². The SMILES string of the molecule is Cc1cccc(-c2c(C(C)N)cnn2C)c1. The Balaban J connectivity index is 2.59. The van der Waals surface area contributed by atoms with Crippen LogP contribution in [0.4, 0.5) is 0 Å². The smallest absolute Gasteiger partial charge is 0.0726 e. The van der Waals surface area contributed by atoms with Gasteiger partial charge >= 0.3 is 0 Å². The molecule has 16 heavy (non-hydrogen) atoms. The Bertz CT molecular complexity index is 498. The first kappa shape index (κ1) is 10.9. The van der Waals surface area contributed by atoms with Crippen molar-refractivity contribution in [1.29, 1.82) is 0 Å². The maximum Gasteiger partial charge on any atom is 0.0726 e. The molecular weight excluding hydrogens is 198 g/mol. The fourth-order valence-electron chi connectivity index (χ4n) is 1.93. The standard InChI is InChI=1S/C13H17N3/c1-9-5-4-6-11(7-9)13-12(10(2)14)8-15-16(13)3/h4-8,10H,14H2,1-3H3. The summed E-state index contributed by atoms with van der Waals surface area (Å²) in [6.45, 7) is 4.07. The number of benzene rings is 1. The second kappa shape index (κ2) is 4.10. The van der Waals surface area contributed by atoms with E-state index in [1.165, 1.54) is 11.1 Å². The molecule has 2 rings (SSSR count). The zero-order chi connectivity index (χ0) is 11.7. The molecule has 0 fully saturated rings. The molecule has 0 spiro atoms. The molecule has 0 bridgehead atoms. The Hall–Kier alpha value is -1.61. The minimum atomic E-state index is 0.00390. The summed E-state index contributed by atoms with van der Waals surface area (Å²) in [5.41, 5.74) is 10.6. The van der Waals surface area contributed by atoms with Gasteiger partial charge in [0.2, 0.25) is 0 Å². The van der Waals surface area contributed by atoms with Gasteiger partial charge in [-0.05, 0) is 19.9 Å². The van der Waals surface area contributed by atoms with E-state index in [1.54, 1.807) is 0 Å². The van der Waals surface area contributed by atoms with Crippen LogP contribution >= 0.6 is 0 Å². The van der Waals surface area contributed by atoms with E-state index in [9.17, 15) is 0 Å². The number of aromatic nitrogens is 2. The molecule has 3 heteroatoms. The average Bonchev–Trinajstić information content (AvgIpc) is 2.60. The lowest BCUT2D eigenvalue weighted by Crippen LogP contribution is -2.06. The van der Waals surface area contributed by atoms with E-state index in [2.05, 4.69) is 36.3 Å². The molecule has 1 unspecified atom stereocenters. The van der Waals surface area contributed by atoms with Crippen LogP contribution in [0, 0.1) is 6.92 Å². The fourth-order valence-corrected chi connectivity index (χ4v) is 1.93. The lowest BCUT2D eigenvalue weighted by molar-refractivity contribution is 0.772. The summed E-state index contributed by atoms with van der Waals surface area (Å²) in [7, 11) is 1.95. The molecule has 3 nitrogen and oxygen atoms in total. The van der Waals surface area contributed by atoms with Crippen molar-refractivity contribution in [1.82, 2.24) is 9.78 Å². The Kier molecular flexibility index (Phi) is 2.79. The van der Waals surface area contributed by atoms with Crippen molar-refractivity contribution in [3.8, 4) is 11.3 Å². The monoisotopic (exact) mass is 215 g/mol. The third-order valence-electron chi connectivity index (χ3n) is 2.75. The van der Waals surface area contributed by atoms with Crippen molar-refractivity contribution in [2.75, 3.05) is 0 Å². The Morgan fingerprint density at radius 3 is 2.75 bits per heavy atom. The summed E-state index contributed by atoms with van der Waals surface area (Å²) in [5, 5.41) is 4.28. The maximum absolute atomic E-state index is 5.95. The summed E-state index contributed by atoms with van der Waals surface area (Å²) in [6.07, 6.45) is 1.85. The van der Waals surface area contributed by atoms with Crippen LogP contribution < -0.4 is 5.73 Å². The number of nitrogens with two attached hydrogens (primary N) is 1. The Morgan fingerprint density at radius 2 is 2.12 bits per heavy atom. The Morgan fingerprint density at radius 1 is 1.38 bits per heavy atom. The average molecular weight is 215 g/mol. The van der Waals surface area contributed by atoms with Crippen molar-refractivity contribution in [2.45, 2.75) is 19.9 Å². The molecule has 0 aliphatic heterocycles. The van der Waals surface area contributed by atoms with Gasteiger partial charge in [0.1, 0.15) is 0 Å². The van der Waals surface area contributed by atoms with E-state index in [0.29, 0.717) is 0 Å². The van der Waals surface area contributed by atoms with E-state index in [-0.39, 0.29) is 6.04 Å². The van der Waals surface area contributed by atoms with E-state index >= 15 is 0 Å². The normalized spacial score (nSPS) is 12.8. The first-order valence-electron chi connectivity index (χ1n) is 5.44. The van der Waals surface area contributed by atoms with Gasteiger partial charge in [-0.2, -0.15) is 5.10 Å². The molecule has 2 aromatic rings. The van der Waals surface area contributed by atoms with Gasteiger partial charge < -0.3 is 5.73 Å². The van der Waals surface area contributed by atoms with Crippen molar-refractivity contribution >= 4 is 0 Å². The van der Waals surface area contributed by atoms with Crippen LogP contribution in [0.15, 0.2) is 30.5 Å². The molecule has 1 heterocycles. The van der Waals surface area contributed by atoms with Gasteiger partial charge in [-0.3, -0.25) is 4.68 Å².